The first-order valence-corrected chi connectivity index (χ1v) is 7.59. The quantitative estimate of drug-likeness (QED) is 0.750. The number of carbonyl (C=O) groups is 1. The second-order valence-electron chi connectivity index (χ2n) is 5.45. The average molecular weight is 319 g/mol. The van der Waals surface area contributed by atoms with Crippen LogP contribution in [0.2, 0.25) is 0 Å². The first kappa shape index (κ1) is 15.7. The molecule has 3 aromatic rings. The lowest BCUT2D eigenvalue weighted by molar-refractivity contribution is 0.0697. The molecule has 5 nitrogen and oxygen atoms in total. The number of aryl methyl sites for hydroxylation is 1. The van der Waals surface area contributed by atoms with Gasteiger partial charge in [-0.15, -0.1) is 5.10 Å². The Balaban J connectivity index is 2.04. The molecular weight excluding hydrogens is 302 g/mol. The van der Waals surface area contributed by atoms with Gasteiger partial charge in [0.1, 0.15) is 5.56 Å². The highest BCUT2D eigenvalue weighted by Gasteiger charge is 2.19. The standard InChI is InChI=1S/C19H17N3O2/c1-13-12-16(19(23)24)18(22-21-13)20-17(14-8-4-2-5-9-14)15-10-6-3-7-11-15/h2-12,17H,1H3,(H,20,22)(H,23,24). The molecule has 0 aliphatic rings. The maximum absolute atomic E-state index is 11.5. The Morgan fingerprint density at radius 1 is 0.958 bits per heavy atom. The van der Waals surface area contributed by atoms with E-state index in [1.165, 1.54) is 6.07 Å². The van der Waals surface area contributed by atoms with Crippen molar-refractivity contribution in [1.82, 2.24) is 10.2 Å². The predicted molar refractivity (Wildman–Crippen MR) is 92.1 cm³/mol. The molecule has 0 atom stereocenters. The van der Waals surface area contributed by atoms with Crippen LogP contribution in [0.5, 0.6) is 0 Å². The summed E-state index contributed by atoms with van der Waals surface area (Å²) in [6.45, 7) is 1.72. The van der Waals surface area contributed by atoms with Gasteiger partial charge in [-0.2, -0.15) is 5.10 Å². The van der Waals surface area contributed by atoms with Gasteiger partial charge in [-0.3, -0.25) is 0 Å². The highest BCUT2D eigenvalue weighted by molar-refractivity contribution is 5.93. The summed E-state index contributed by atoms with van der Waals surface area (Å²) in [4.78, 5) is 11.5. The zero-order valence-electron chi connectivity index (χ0n) is 13.2. The molecule has 0 saturated heterocycles. The summed E-state index contributed by atoms with van der Waals surface area (Å²) < 4.78 is 0. The average Bonchev–Trinajstić information content (AvgIpc) is 2.62. The van der Waals surface area contributed by atoms with Crippen LogP contribution in [0.4, 0.5) is 5.82 Å². The highest BCUT2D eigenvalue weighted by atomic mass is 16.4. The Morgan fingerprint density at radius 3 is 2.00 bits per heavy atom. The molecule has 120 valence electrons. The van der Waals surface area contributed by atoms with Crippen molar-refractivity contribution in [2.24, 2.45) is 0 Å². The van der Waals surface area contributed by atoms with Crippen LogP contribution >= 0.6 is 0 Å². The van der Waals surface area contributed by atoms with Gasteiger partial charge < -0.3 is 10.4 Å². The van der Waals surface area contributed by atoms with Gasteiger partial charge in [0.2, 0.25) is 0 Å². The summed E-state index contributed by atoms with van der Waals surface area (Å²) in [5, 5.41) is 20.7. The number of anilines is 1. The van der Waals surface area contributed by atoms with Gasteiger partial charge >= 0.3 is 5.97 Å². The number of aromatic carboxylic acids is 1. The van der Waals surface area contributed by atoms with Crippen molar-refractivity contribution in [2.75, 3.05) is 5.32 Å². The lowest BCUT2D eigenvalue weighted by atomic mass is 9.98. The van der Waals surface area contributed by atoms with Crippen LogP contribution in [-0.4, -0.2) is 21.3 Å². The number of benzene rings is 2. The van der Waals surface area contributed by atoms with Crippen LogP contribution in [-0.2, 0) is 0 Å². The maximum atomic E-state index is 11.5. The van der Waals surface area contributed by atoms with E-state index < -0.39 is 5.97 Å². The van der Waals surface area contributed by atoms with Crippen molar-refractivity contribution in [1.29, 1.82) is 0 Å². The number of hydrogen-bond acceptors (Lipinski definition) is 4. The van der Waals surface area contributed by atoms with Crippen molar-refractivity contribution < 1.29 is 9.90 Å². The normalized spacial score (nSPS) is 10.6. The van der Waals surface area contributed by atoms with E-state index in [0.29, 0.717) is 5.69 Å². The van der Waals surface area contributed by atoms with Crippen molar-refractivity contribution in [3.63, 3.8) is 0 Å². The molecule has 2 N–H and O–H groups in total. The van der Waals surface area contributed by atoms with Crippen LogP contribution in [0.3, 0.4) is 0 Å². The monoisotopic (exact) mass is 319 g/mol. The number of nitrogens with one attached hydrogen (secondary N) is 1. The molecule has 5 heteroatoms. The summed E-state index contributed by atoms with van der Waals surface area (Å²) in [5.74, 6) is -0.777. The molecule has 0 spiro atoms. The van der Waals surface area contributed by atoms with E-state index >= 15 is 0 Å². The summed E-state index contributed by atoms with van der Waals surface area (Å²) in [7, 11) is 0. The van der Waals surface area contributed by atoms with Crippen molar-refractivity contribution >= 4 is 11.8 Å². The zero-order chi connectivity index (χ0) is 16.9. The minimum absolute atomic E-state index is 0.111. The molecule has 0 amide bonds. The lowest BCUT2D eigenvalue weighted by Gasteiger charge is -2.21. The minimum Gasteiger partial charge on any atom is -0.478 e. The molecule has 24 heavy (non-hydrogen) atoms. The van der Waals surface area contributed by atoms with Gasteiger partial charge in [-0.25, -0.2) is 4.79 Å². The molecule has 0 radical (unpaired) electrons. The van der Waals surface area contributed by atoms with Gasteiger partial charge in [0.15, 0.2) is 5.82 Å². The first-order valence-electron chi connectivity index (χ1n) is 7.59. The second-order valence-corrected chi connectivity index (χ2v) is 5.45. The molecular formula is C19H17N3O2. The number of rotatable bonds is 5. The third kappa shape index (κ3) is 3.41. The molecule has 0 aliphatic heterocycles. The maximum Gasteiger partial charge on any atom is 0.339 e. The van der Waals surface area contributed by atoms with Crippen LogP contribution < -0.4 is 5.32 Å². The van der Waals surface area contributed by atoms with Crippen molar-refractivity contribution in [3.05, 3.63) is 89.1 Å². The molecule has 1 heterocycles. The van der Waals surface area contributed by atoms with E-state index in [1.54, 1.807) is 6.92 Å². The molecule has 1 aromatic heterocycles. The Labute approximate surface area is 140 Å². The molecule has 0 bridgehead atoms. The van der Waals surface area contributed by atoms with Gasteiger partial charge in [-0.1, -0.05) is 60.7 Å². The molecule has 0 aliphatic carbocycles. The molecule has 2 aromatic carbocycles. The Bertz CT molecular complexity index is 796. The highest BCUT2D eigenvalue weighted by Crippen LogP contribution is 2.27. The van der Waals surface area contributed by atoms with Crippen LogP contribution in [0.25, 0.3) is 0 Å². The summed E-state index contributed by atoms with van der Waals surface area (Å²) in [5.41, 5.74) is 2.71. The van der Waals surface area contributed by atoms with E-state index in [1.807, 2.05) is 60.7 Å². The Hall–Kier alpha value is -3.21. The Morgan fingerprint density at radius 2 is 1.50 bits per heavy atom. The number of nitrogens with zero attached hydrogens (tertiary/aromatic N) is 2. The summed E-state index contributed by atoms with van der Waals surface area (Å²) in [6.07, 6.45) is 0. The smallest absolute Gasteiger partial charge is 0.339 e. The molecule has 0 fully saturated rings. The van der Waals surface area contributed by atoms with E-state index in [0.717, 1.165) is 11.1 Å². The summed E-state index contributed by atoms with van der Waals surface area (Å²) in [6, 6.07) is 21.0. The van der Waals surface area contributed by atoms with Crippen LogP contribution in [0, 0.1) is 6.92 Å². The second kappa shape index (κ2) is 6.91. The molecule has 3 rings (SSSR count). The Kier molecular flexibility index (Phi) is 4.52. The summed E-state index contributed by atoms with van der Waals surface area (Å²) >= 11 is 0. The third-order valence-electron chi connectivity index (χ3n) is 3.69. The van der Waals surface area contributed by atoms with Gasteiger partial charge in [0, 0.05) is 0 Å². The number of carboxylic acids is 1. The fraction of sp³-hybridized carbons (Fsp3) is 0.105. The zero-order valence-corrected chi connectivity index (χ0v) is 13.2. The van der Waals surface area contributed by atoms with Gasteiger partial charge in [-0.05, 0) is 24.1 Å². The predicted octanol–water partition coefficient (Wildman–Crippen LogP) is 3.68. The van der Waals surface area contributed by atoms with Crippen LogP contribution in [0.15, 0.2) is 66.7 Å². The number of hydrogen-bond donors (Lipinski definition) is 2. The first-order chi connectivity index (χ1) is 11.6. The van der Waals surface area contributed by atoms with E-state index in [2.05, 4.69) is 15.5 Å². The fourth-order valence-electron chi connectivity index (χ4n) is 2.55. The molecule has 0 saturated carbocycles. The van der Waals surface area contributed by atoms with E-state index in [4.69, 9.17) is 0 Å². The van der Waals surface area contributed by atoms with Crippen LogP contribution in [0.1, 0.15) is 33.2 Å². The van der Waals surface area contributed by atoms with E-state index in [9.17, 15) is 9.90 Å². The van der Waals surface area contributed by atoms with Gasteiger partial charge in [0.25, 0.3) is 0 Å². The molecule has 0 unspecified atom stereocenters. The third-order valence-corrected chi connectivity index (χ3v) is 3.69. The topological polar surface area (TPSA) is 75.1 Å². The number of carboxylic acid groups (broad SMARTS) is 1. The van der Waals surface area contributed by atoms with Crippen molar-refractivity contribution in [2.45, 2.75) is 13.0 Å². The fourth-order valence-corrected chi connectivity index (χ4v) is 2.55. The van der Waals surface area contributed by atoms with E-state index in [-0.39, 0.29) is 17.4 Å². The largest absolute Gasteiger partial charge is 0.478 e. The lowest BCUT2D eigenvalue weighted by Crippen LogP contribution is -2.17. The SMILES string of the molecule is Cc1cc(C(=O)O)c(NC(c2ccccc2)c2ccccc2)nn1. The van der Waals surface area contributed by atoms with Gasteiger partial charge in [0.05, 0.1) is 11.7 Å². The van der Waals surface area contributed by atoms with Crippen molar-refractivity contribution in [3.8, 4) is 0 Å². The minimum atomic E-state index is -1.03. The number of aromatic nitrogens is 2.